The van der Waals surface area contributed by atoms with Gasteiger partial charge in [0.25, 0.3) is 0 Å². The minimum absolute atomic E-state index is 0.0955. The highest BCUT2D eigenvalue weighted by molar-refractivity contribution is 5.92. The molecule has 5 atom stereocenters. The third kappa shape index (κ3) is 1.91. The van der Waals surface area contributed by atoms with E-state index < -0.39 is 0 Å². The first kappa shape index (κ1) is 15.3. The monoisotopic (exact) mass is 316 g/mol. The highest BCUT2D eigenvalue weighted by Crippen LogP contribution is 2.65. The lowest BCUT2D eigenvalue weighted by atomic mass is 9.47. The average Bonchev–Trinajstić information content (AvgIpc) is 2.83. The maximum Gasteiger partial charge on any atom is 0.156 e. The van der Waals surface area contributed by atoms with Crippen LogP contribution in [-0.2, 0) is 9.59 Å². The van der Waals surface area contributed by atoms with Crippen LogP contribution in [0.3, 0.4) is 0 Å². The zero-order valence-electron chi connectivity index (χ0n) is 14.0. The van der Waals surface area contributed by atoms with Crippen LogP contribution >= 0.6 is 0 Å². The minimum Gasteiger partial charge on any atom is -0.299 e. The zero-order chi connectivity index (χ0) is 16.4. The summed E-state index contributed by atoms with van der Waals surface area (Å²) in [6.07, 6.45) is 8.18. The molecule has 0 bridgehead atoms. The fraction of sp³-hybridized carbons (Fsp3) is 0.700. The van der Waals surface area contributed by atoms with E-state index >= 15 is 0 Å². The molecule has 4 rings (SSSR count). The molecule has 2 nitrogen and oxygen atoms in total. The van der Waals surface area contributed by atoms with Gasteiger partial charge < -0.3 is 0 Å². The van der Waals surface area contributed by atoms with Gasteiger partial charge in [-0.1, -0.05) is 13.8 Å². The Bertz CT molecular complexity index is 646. The van der Waals surface area contributed by atoms with Crippen molar-refractivity contribution in [3.63, 3.8) is 0 Å². The summed E-state index contributed by atoms with van der Waals surface area (Å²) in [6.45, 7) is 4.37. The number of hydrogen-bond donors (Lipinski definition) is 0. The summed E-state index contributed by atoms with van der Waals surface area (Å²) in [4.78, 5) is 24.3. The van der Waals surface area contributed by atoms with Crippen molar-refractivity contribution in [2.75, 3.05) is 0 Å². The average molecular weight is 316 g/mol. The predicted octanol–water partition coefficient (Wildman–Crippen LogP) is 4.55. The summed E-state index contributed by atoms with van der Waals surface area (Å²) in [5.74, 6) is 1.80. The Balaban J connectivity index is 1.79. The van der Waals surface area contributed by atoms with E-state index in [0.29, 0.717) is 48.4 Å². The Hall–Kier alpha value is -1.25. The molecule has 0 radical (unpaired) electrons. The topological polar surface area (TPSA) is 34.1 Å². The summed E-state index contributed by atoms with van der Waals surface area (Å²) in [5, 5.41) is 0. The first-order valence-corrected chi connectivity index (χ1v) is 8.98. The lowest BCUT2D eigenvalue weighted by molar-refractivity contribution is -0.132. The molecule has 0 aromatic carbocycles. The Morgan fingerprint density at radius 3 is 2.57 bits per heavy atom. The van der Waals surface area contributed by atoms with Crippen LogP contribution in [0.25, 0.3) is 0 Å². The number of rotatable bonds is 0. The van der Waals surface area contributed by atoms with Crippen molar-refractivity contribution in [2.45, 2.75) is 58.8 Å². The number of fused-ring (bicyclic) bond motifs is 5. The number of Topliss-reactive ketones (excluding diaryl/α,β-unsaturated/α-hetero) is 1. The fourth-order valence-electron chi connectivity index (χ4n) is 6.36. The van der Waals surface area contributed by atoms with Gasteiger partial charge in [0.05, 0.1) is 6.33 Å². The van der Waals surface area contributed by atoms with Gasteiger partial charge >= 0.3 is 0 Å². The number of ketones is 2. The van der Waals surface area contributed by atoms with E-state index in [9.17, 15) is 14.0 Å². The summed E-state index contributed by atoms with van der Waals surface area (Å²) in [6, 6.07) is 0. The number of carbonyl (C=O) groups excluding carboxylic acids is 2. The third-order valence-corrected chi connectivity index (χ3v) is 7.71. The van der Waals surface area contributed by atoms with E-state index in [2.05, 4.69) is 13.8 Å². The largest absolute Gasteiger partial charge is 0.299 e. The van der Waals surface area contributed by atoms with E-state index in [1.165, 1.54) is 0 Å². The molecule has 124 valence electrons. The van der Waals surface area contributed by atoms with Crippen LogP contribution in [0.15, 0.2) is 23.6 Å². The molecule has 23 heavy (non-hydrogen) atoms. The molecule has 3 heteroatoms. The summed E-state index contributed by atoms with van der Waals surface area (Å²) >= 11 is 0. The standard InChI is InChI=1S/C20H25FO2/c1-19-7-5-13(22)10-17(19)12(11-21)9-14-15-3-4-18(23)20(15,2)8-6-16(14)19/h10-11,14-16H,3-9H2,1-2H3/t14-,15-,16+,19+,20-/m0/s1. The smallest absolute Gasteiger partial charge is 0.156 e. The molecule has 4 aliphatic rings. The van der Waals surface area contributed by atoms with Gasteiger partial charge in [-0.3, -0.25) is 9.59 Å². The second-order valence-electron chi connectivity index (χ2n) is 8.58. The first-order valence-electron chi connectivity index (χ1n) is 8.98. The van der Waals surface area contributed by atoms with Gasteiger partial charge in [0.15, 0.2) is 5.78 Å². The molecular formula is C20H25FO2. The number of hydrogen-bond acceptors (Lipinski definition) is 2. The van der Waals surface area contributed by atoms with Crippen LogP contribution in [-0.4, -0.2) is 11.6 Å². The molecular weight excluding hydrogens is 291 g/mol. The predicted molar refractivity (Wildman–Crippen MR) is 86.3 cm³/mol. The Kier molecular flexibility index (Phi) is 3.24. The molecule has 0 heterocycles. The van der Waals surface area contributed by atoms with Crippen LogP contribution < -0.4 is 0 Å². The van der Waals surface area contributed by atoms with Gasteiger partial charge in [-0.05, 0) is 72.5 Å². The Morgan fingerprint density at radius 2 is 1.83 bits per heavy atom. The molecule has 0 aromatic rings. The third-order valence-electron chi connectivity index (χ3n) is 7.71. The second kappa shape index (κ2) is 4.87. The van der Waals surface area contributed by atoms with Crippen molar-refractivity contribution in [3.8, 4) is 0 Å². The Morgan fingerprint density at radius 1 is 1.09 bits per heavy atom. The maximum atomic E-state index is 13.6. The maximum absolute atomic E-state index is 13.6. The van der Waals surface area contributed by atoms with Gasteiger partial charge in [0.2, 0.25) is 0 Å². The highest BCUT2D eigenvalue weighted by Gasteiger charge is 2.59. The quantitative estimate of drug-likeness (QED) is 0.657. The van der Waals surface area contributed by atoms with Crippen LogP contribution in [0.1, 0.15) is 58.8 Å². The molecule has 0 amide bonds. The summed E-state index contributed by atoms with van der Waals surface area (Å²) in [5.41, 5.74) is 1.38. The molecule has 3 saturated carbocycles. The number of halogens is 1. The van der Waals surface area contributed by atoms with Gasteiger partial charge in [-0.15, -0.1) is 0 Å². The Labute approximate surface area is 137 Å². The van der Waals surface area contributed by atoms with Crippen LogP contribution in [0.5, 0.6) is 0 Å². The molecule has 0 aromatic heterocycles. The zero-order valence-corrected chi connectivity index (χ0v) is 14.0. The molecule has 0 spiro atoms. The van der Waals surface area contributed by atoms with Crippen LogP contribution in [0, 0.1) is 28.6 Å². The summed E-state index contributed by atoms with van der Waals surface area (Å²) in [7, 11) is 0. The van der Waals surface area contributed by atoms with Crippen LogP contribution in [0.4, 0.5) is 4.39 Å². The number of allylic oxidation sites excluding steroid dienone is 2. The molecule has 3 fully saturated rings. The normalized spacial score (nSPS) is 47.9. The van der Waals surface area contributed by atoms with E-state index in [4.69, 9.17) is 0 Å². The van der Waals surface area contributed by atoms with Crippen molar-refractivity contribution in [1.29, 1.82) is 0 Å². The molecule has 0 N–H and O–H groups in total. The van der Waals surface area contributed by atoms with E-state index in [-0.39, 0.29) is 16.6 Å². The SMILES string of the molecule is C[C@]12CCC(=O)C=C1C(=CF)C[C@@H]1[C@H]2CC[C@]2(C)C(=O)CC[C@@H]12. The first-order chi connectivity index (χ1) is 10.9. The molecule has 0 saturated heterocycles. The minimum atomic E-state index is -0.190. The van der Waals surface area contributed by atoms with Gasteiger partial charge in [0, 0.05) is 18.3 Å². The molecule has 0 unspecified atom stereocenters. The van der Waals surface area contributed by atoms with E-state index in [0.717, 1.165) is 37.6 Å². The van der Waals surface area contributed by atoms with Crippen molar-refractivity contribution in [1.82, 2.24) is 0 Å². The fourth-order valence-corrected chi connectivity index (χ4v) is 6.36. The molecule has 0 aliphatic heterocycles. The molecule has 4 aliphatic carbocycles. The van der Waals surface area contributed by atoms with Crippen molar-refractivity contribution < 1.29 is 14.0 Å². The van der Waals surface area contributed by atoms with Gasteiger partial charge in [-0.25, -0.2) is 4.39 Å². The lowest BCUT2D eigenvalue weighted by Gasteiger charge is -2.57. The van der Waals surface area contributed by atoms with Crippen molar-refractivity contribution in [3.05, 3.63) is 23.6 Å². The van der Waals surface area contributed by atoms with Crippen molar-refractivity contribution >= 4 is 11.6 Å². The highest BCUT2D eigenvalue weighted by atomic mass is 19.1. The van der Waals surface area contributed by atoms with Crippen molar-refractivity contribution in [2.24, 2.45) is 28.6 Å². The van der Waals surface area contributed by atoms with Gasteiger partial charge in [0.1, 0.15) is 5.78 Å². The van der Waals surface area contributed by atoms with E-state index in [1.54, 1.807) is 6.08 Å². The lowest BCUT2D eigenvalue weighted by Crippen LogP contribution is -2.51. The van der Waals surface area contributed by atoms with Gasteiger partial charge in [-0.2, -0.15) is 0 Å². The second-order valence-corrected chi connectivity index (χ2v) is 8.58. The van der Waals surface area contributed by atoms with E-state index in [1.807, 2.05) is 0 Å². The number of carbonyl (C=O) groups is 2. The van der Waals surface area contributed by atoms with Crippen LogP contribution in [0.2, 0.25) is 0 Å². The summed E-state index contributed by atoms with van der Waals surface area (Å²) < 4.78 is 13.6.